The van der Waals surface area contributed by atoms with Gasteiger partial charge in [-0.15, -0.1) is 0 Å². The Balaban J connectivity index is 1.67. The van der Waals surface area contributed by atoms with Crippen LogP contribution in [0, 0.1) is 0 Å². The van der Waals surface area contributed by atoms with Crippen LogP contribution in [0.5, 0.6) is 0 Å². The lowest BCUT2D eigenvalue weighted by Gasteiger charge is -2.14. The molecule has 0 spiro atoms. The minimum Gasteiger partial charge on any atom is -0.457 e. The fraction of sp³-hybridized carbons (Fsp3) is 0.353. The summed E-state index contributed by atoms with van der Waals surface area (Å²) in [6.07, 6.45) is 0.648. The average molecular weight is 287 g/mol. The number of benzene rings is 2. The van der Waals surface area contributed by atoms with Gasteiger partial charge in [-0.2, -0.15) is 0 Å². The normalized spacial score (nSPS) is 19.0. The summed E-state index contributed by atoms with van der Waals surface area (Å²) in [6, 6.07) is 13.5. The first-order chi connectivity index (χ1) is 10.3. The molecule has 0 aromatic heterocycles. The molecule has 0 amide bonds. The minimum absolute atomic E-state index is 0.129. The van der Waals surface area contributed by atoms with Crippen molar-refractivity contribution >= 4 is 16.7 Å². The fourth-order valence-corrected chi connectivity index (χ4v) is 2.75. The Morgan fingerprint density at radius 1 is 1.24 bits per heavy atom. The molecule has 1 aliphatic rings. The van der Waals surface area contributed by atoms with Gasteiger partial charge in [0.15, 0.2) is 0 Å². The Kier molecular flexibility index (Phi) is 4.15. The number of nitrogens with zero attached hydrogens (tertiary/aromatic N) is 1. The van der Waals surface area contributed by atoms with E-state index in [4.69, 9.17) is 4.74 Å². The van der Waals surface area contributed by atoms with Gasteiger partial charge < -0.3 is 4.74 Å². The first-order valence-electron chi connectivity index (χ1n) is 7.24. The van der Waals surface area contributed by atoms with E-state index in [2.05, 4.69) is 0 Å². The molecule has 0 unspecified atom stereocenters. The van der Waals surface area contributed by atoms with E-state index in [1.54, 1.807) is 6.07 Å². The molecule has 0 bridgehead atoms. The summed E-state index contributed by atoms with van der Waals surface area (Å²) in [5.41, 5.74) is 0.567. The van der Waals surface area contributed by atoms with Gasteiger partial charge in [-0.25, -0.2) is 9.18 Å². The SMILES string of the molecule is O=C(O[C@@H]1CCN(CCF)C1)c1ccc2ccccc2c1. The number of carbonyl (C=O) groups is 1. The summed E-state index contributed by atoms with van der Waals surface area (Å²) >= 11 is 0. The summed E-state index contributed by atoms with van der Waals surface area (Å²) in [4.78, 5) is 14.2. The van der Waals surface area contributed by atoms with Gasteiger partial charge in [0.25, 0.3) is 0 Å². The molecule has 1 aliphatic heterocycles. The van der Waals surface area contributed by atoms with Gasteiger partial charge in [0.2, 0.25) is 0 Å². The van der Waals surface area contributed by atoms with Crippen molar-refractivity contribution in [3.8, 4) is 0 Å². The van der Waals surface area contributed by atoms with Crippen molar-refractivity contribution in [2.75, 3.05) is 26.3 Å². The van der Waals surface area contributed by atoms with E-state index in [-0.39, 0.29) is 18.7 Å². The molecule has 0 N–H and O–H groups in total. The lowest BCUT2D eigenvalue weighted by Crippen LogP contribution is -2.26. The second-order valence-corrected chi connectivity index (χ2v) is 5.37. The molecule has 21 heavy (non-hydrogen) atoms. The number of hydrogen-bond acceptors (Lipinski definition) is 3. The largest absolute Gasteiger partial charge is 0.457 e. The maximum Gasteiger partial charge on any atom is 0.338 e. The quantitative estimate of drug-likeness (QED) is 0.810. The van der Waals surface area contributed by atoms with Gasteiger partial charge in [-0.05, 0) is 29.3 Å². The van der Waals surface area contributed by atoms with Gasteiger partial charge in [0.1, 0.15) is 12.8 Å². The molecule has 3 rings (SSSR count). The number of esters is 1. The highest BCUT2D eigenvalue weighted by atomic mass is 19.1. The van der Waals surface area contributed by atoms with E-state index in [1.807, 2.05) is 41.3 Å². The second kappa shape index (κ2) is 6.22. The molecular formula is C17H18FNO2. The van der Waals surface area contributed by atoms with Crippen molar-refractivity contribution in [1.29, 1.82) is 0 Å². The van der Waals surface area contributed by atoms with Crippen LogP contribution in [0.1, 0.15) is 16.8 Å². The van der Waals surface area contributed by atoms with E-state index >= 15 is 0 Å². The molecule has 1 heterocycles. The molecule has 2 aromatic carbocycles. The van der Waals surface area contributed by atoms with Crippen LogP contribution < -0.4 is 0 Å². The summed E-state index contributed by atoms with van der Waals surface area (Å²) in [7, 11) is 0. The topological polar surface area (TPSA) is 29.5 Å². The number of halogens is 1. The highest BCUT2D eigenvalue weighted by Crippen LogP contribution is 2.18. The van der Waals surface area contributed by atoms with Crippen LogP contribution >= 0.6 is 0 Å². The molecule has 0 radical (unpaired) electrons. The fourth-order valence-electron chi connectivity index (χ4n) is 2.75. The predicted molar refractivity (Wildman–Crippen MR) is 80.2 cm³/mol. The Morgan fingerprint density at radius 3 is 2.86 bits per heavy atom. The zero-order valence-electron chi connectivity index (χ0n) is 11.8. The molecular weight excluding hydrogens is 269 g/mol. The maximum atomic E-state index is 12.3. The number of hydrogen-bond donors (Lipinski definition) is 0. The van der Waals surface area contributed by atoms with Crippen molar-refractivity contribution < 1.29 is 13.9 Å². The zero-order chi connectivity index (χ0) is 14.7. The average Bonchev–Trinajstić information content (AvgIpc) is 2.94. The third-order valence-electron chi connectivity index (χ3n) is 3.89. The summed E-state index contributed by atoms with van der Waals surface area (Å²) in [5.74, 6) is -0.298. The van der Waals surface area contributed by atoms with Crippen LogP contribution in [0.2, 0.25) is 0 Å². The maximum absolute atomic E-state index is 12.3. The molecule has 4 heteroatoms. The van der Waals surface area contributed by atoms with Crippen molar-refractivity contribution in [1.82, 2.24) is 4.90 Å². The Labute approximate surface area is 123 Å². The molecule has 0 saturated carbocycles. The first-order valence-corrected chi connectivity index (χ1v) is 7.24. The van der Waals surface area contributed by atoms with Crippen LogP contribution in [0.15, 0.2) is 42.5 Å². The molecule has 0 aliphatic carbocycles. The zero-order valence-corrected chi connectivity index (χ0v) is 11.8. The molecule has 2 aromatic rings. The summed E-state index contributed by atoms with van der Waals surface area (Å²) in [5, 5.41) is 2.13. The summed E-state index contributed by atoms with van der Waals surface area (Å²) < 4.78 is 17.8. The van der Waals surface area contributed by atoms with Crippen LogP contribution in [0.4, 0.5) is 4.39 Å². The Morgan fingerprint density at radius 2 is 2.05 bits per heavy atom. The molecule has 1 atom stereocenters. The van der Waals surface area contributed by atoms with Gasteiger partial charge in [-0.3, -0.25) is 4.90 Å². The van der Waals surface area contributed by atoms with Gasteiger partial charge in [0.05, 0.1) is 5.56 Å². The standard InChI is InChI=1S/C17H18FNO2/c18-8-10-19-9-7-16(12-19)21-17(20)15-6-5-13-3-1-2-4-14(13)11-15/h1-6,11,16H,7-10,12H2/t16-/m1/s1. The van der Waals surface area contributed by atoms with Crippen LogP contribution in [0.3, 0.4) is 0 Å². The van der Waals surface area contributed by atoms with Crippen molar-refractivity contribution in [3.63, 3.8) is 0 Å². The van der Waals surface area contributed by atoms with E-state index in [0.29, 0.717) is 18.7 Å². The number of ether oxygens (including phenoxy) is 1. The van der Waals surface area contributed by atoms with Gasteiger partial charge in [-0.1, -0.05) is 30.3 Å². The van der Waals surface area contributed by atoms with Crippen LogP contribution in [-0.2, 0) is 4.74 Å². The van der Waals surface area contributed by atoms with Gasteiger partial charge >= 0.3 is 5.97 Å². The Hall–Kier alpha value is -1.94. The lowest BCUT2D eigenvalue weighted by molar-refractivity contribution is 0.0321. The van der Waals surface area contributed by atoms with Crippen molar-refractivity contribution in [2.45, 2.75) is 12.5 Å². The van der Waals surface area contributed by atoms with E-state index < -0.39 is 0 Å². The molecule has 3 nitrogen and oxygen atoms in total. The second-order valence-electron chi connectivity index (χ2n) is 5.37. The number of likely N-dealkylation sites (tertiary alicyclic amines) is 1. The van der Waals surface area contributed by atoms with Crippen molar-refractivity contribution in [2.24, 2.45) is 0 Å². The molecule has 1 saturated heterocycles. The van der Waals surface area contributed by atoms with Crippen LogP contribution in [-0.4, -0.2) is 43.3 Å². The number of carbonyl (C=O) groups excluding carboxylic acids is 1. The third kappa shape index (κ3) is 3.22. The first kappa shape index (κ1) is 14.0. The number of alkyl halides is 1. The highest BCUT2D eigenvalue weighted by Gasteiger charge is 2.25. The highest BCUT2D eigenvalue weighted by molar-refractivity contribution is 5.95. The predicted octanol–water partition coefficient (Wildman–Crippen LogP) is 3.04. The Bertz CT molecular complexity index is 643. The number of rotatable bonds is 4. The summed E-state index contributed by atoms with van der Waals surface area (Å²) in [6.45, 7) is 1.48. The third-order valence-corrected chi connectivity index (χ3v) is 3.89. The molecule has 1 fully saturated rings. The van der Waals surface area contributed by atoms with Crippen molar-refractivity contribution in [3.05, 3.63) is 48.0 Å². The minimum atomic E-state index is -0.356. The van der Waals surface area contributed by atoms with E-state index in [9.17, 15) is 9.18 Å². The van der Waals surface area contributed by atoms with Crippen LogP contribution in [0.25, 0.3) is 10.8 Å². The van der Waals surface area contributed by atoms with E-state index in [1.165, 1.54) is 0 Å². The molecule has 110 valence electrons. The van der Waals surface area contributed by atoms with E-state index in [0.717, 1.165) is 23.7 Å². The smallest absolute Gasteiger partial charge is 0.338 e. The lowest BCUT2D eigenvalue weighted by atomic mass is 10.1. The van der Waals surface area contributed by atoms with Gasteiger partial charge in [0, 0.05) is 19.6 Å². The number of fused-ring (bicyclic) bond motifs is 1. The monoisotopic (exact) mass is 287 g/mol.